The molecule has 1 heterocycles. The molecule has 0 aliphatic carbocycles. The maximum Gasteiger partial charge on any atom is 0.191 e. The van der Waals surface area contributed by atoms with Crippen molar-refractivity contribution in [3.8, 4) is 5.75 Å². The molecule has 0 spiro atoms. The van der Waals surface area contributed by atoms with E-state index in [1.54, 1.807) is 12.2 Å². The van der Waals surface area contributed by atoms with Crippen molar-refractivity contribution in [2.24, 2.45) is 0 Å². The first-order chi connectivity index (χ1) is 7.20. The number of fused-ring (bicyclic) bond motifs is 1. The lowest BCUT2D eigenvalue weighted by Crippen LogP contribution is -2.28. The fourth-order valence-electron chi connectivity index (χ4n) is 1.37. The van der Waals surface area contributed by atoms with Crippen molar-refractivity contribution in [3.63, 3.8) is 0 Å². The van der Waals surface area contributed by atoms with Crippen LogP contribution < -0.4 is 4.74 Å². The number of carbonyl (C=O) groups is 1. The van der Waals surface area contributed by atoms with E-state index in [4.69, 9.17) is 16.3 Å². The highest BCUT2D eigenvalue weighted by molar-refractivity contribution is 6.28. The molecule has 1 aromatic carbocycles. The van der Waals surface area contributed by atoms with Gasteiger partial charge in [-0.2, -0.15) is 0 Å². The van der Waals surface area contributed by atoms with Gasteiger partial charge < -0.3 is 4.74 Å². The number of alkyl halides is 1. The molecule has 78 valence electrons. The number of Topliss-reactive ketones (excluding diaryl/α,β-unsaturated/α-hetero) is 1. The molecule has 1 aliphatic rings. The molecule has 1 aliphatic heterocycles. The molecule has 0 radical (unpaired) electrons. The Balaban J connectivity index is 2.28. The molecule has 0 amide bonds. The summed E-state index contributed by atoms with van der Waals surface area (Å²) in [7, 11) is 0. The maximum atomic E-state index is 12.8. The summed E-state index contributed by atoms with van der Waals surface area (Å²) in [5.41, 5.74) is 0.633. The third-order valence-corrected chi connectivity index (χ3v) is 2.39. The highest BCUT2D eigenvalue weighted by Crippen LogP contribution is 2.26. The summed E-state index contributed by atoms with van der Waals surface area (Å²) >= 11 is 5.41. The SMILES string of the molecule is O=C(CCl)[C@@H]1C=Cc2cc(F)ccc2O1. The Hall–Kier alpha value is -1.35. The highest BCUT2D eigenvalue weighted by Gasteiger charge is 2.20. The second-order valence-electron chi connectivity index (χ2n) is 3.18. The van der Waals surface area contributed by atoms with Crippen molar-refractivity contribution in [1.82, 2.24) is 0 Å². The van der Waals surface area contributed by atoms with Crippen molar-refractivity contribution in [2.45, 2.75) is 6.10 Å². The normalized spacial score (nSPS) is 18.1. The van der Waals surface area contributed by atoms with Gasteiger partial charge in [0.05, 0.1) is 5.88 Å². The Morgan fingerprint density at radius 2 is 2.33 bits per heavy atom. The van der Waals surface area contributed by atoms with E-state index >= 15 is 0 Å². The largest absolute Gasteiger partial charge is 0.478 e. The van der Waals surface area contributed by atoms with E-state index in [1.807, 2.05) is 0 Å². The number of rotatable bonds is 2. The topological polar surface area (TPSA) is 26.3 Å². The van der Waals surface area contributed by atoms with Gasteiger partial charge in [-0.25, -0.2) is 4.39 Å². The van der Waals surface area contributed by atoms with Crippen LogP contribution in [0.1, 0.15) is 5.56 Å². The third-order valence-electron chi connectivity index (χ3n) is 2.13. The van der Waals surface area contributed by atoms with Gasteiger partial charge in [0, 0.05) is 5.56 Å². The van der Waals surface area contributed by atoms with E-state index in [9.17, 15) is 9.18 Å². The Morgan fingerprint density at radius 3 is 3.07 bits per heavy atom. The van der Waals surface area contributed by atoms with E-state index in [0.717, 1.165) is 0 Å². The average molecular weight is 227 g/mol. The molecule has 0 bridgehead atoms. The molecule has 2 nitrogen and oxygen atoms in total. The maximum absolute atomic E-state index is 12.8. The van der Waals surface area contributed by atoms with Gasteiger partial charge in [0.25, 0.3) is 0 Å². The van der Waals surface area contributed by atoms with Gasteiger partial charge in [0.15, 0.2) is 11.9 Å². The van der Waals surface area contributed by atoms with Gasteiger partial charge in [-0.1, -0.05) is 6.08 Å². The Morgan fingerprint density at radius 1 is 1.53 bits per heavy atom. The number of ketones is 1. The first kappa shape index (κ1) is 10.2. The van der Waals surface area contributed by atoms with Crippen LogP contribution in [-0.2, 0) is 4.79 Å². The van der Waals surface area contributed by atoms with Crippen LogP contribution in [0, 0.1) is 5.82 Å². The van der Waals surface area contributed by atoms with Crippen molar-refractivity contribution < 1.29 is 13.9 Å². The molecule has 0 N–H and O–H groups in total. The van der Waals surface area contributed by atoms with Crippen molar-refractivity contribution in [1.29, 1.82) is 0 Å². The standard InChI is InChI=1S/C11H8ClFO2/c12-6-9(14)11-3-1-7-5-8(13)2-4-10(7)15-11/h1-5,11H,6H2/t11-/m0/s1. The summed E-state index contributed by atoms with van der Waals surface area (Å²) in [4.78, 5) is 11.3. The number of benzene rings is 1. The van der Waals surface area contributed by atoms with Crippen LogP contribution in [0.3, 0.4) is 0 Å². The number of ether oxygens (including phenoxy) is 1. The lowest BCUT2D eigenvalue weighted by molar-refractivity contribution is -0.121. The van der Waals surface area contributed by atoms with Crippen LogP contribution in [0.15, 0.2) is 24.3 Å². The quantitative estimate of drug-likeness (QED) is 0.724. The van der Waals surface area contributed by atoms with Crippen LogP contribution in [0.2, 0.25) is 0 Å². The summed E-state index contributed by atoms with van der Waals surface area (Å²) in [5, 5.41) is 0. The van der Waals surface area contributed by atoms with Crippen LogP contribution in [0.4, 0.5) is 4.39 Å². The summed E-state index contributed by atoms with van der Waals surface area (Å²) in [6.45, 7) is 0. The molecule has 0 aromatic heterocycles. The van der Waals surface area contributed by atoms with Crippen LogP contribution in [0.5, 0.6) is 5.75 Å². The molecule has 2 rings (SSSR count). The van der Waals surface area contributed by atoms with Gasteiger partial charge in [0.1, 0.15) is 11.6 Å². The second-order valence-corrected chi connectivity index (χ2v) is 3.45. The van der Waals surface area contributed by atoms with Gasteiger partial charge in [0.2, 0.25) is 0 Å². The monoisotopic (exact) mass is 226 g/mol. The minimum Gasteiger partial charge on any atom is -0.478 e. The fourth-order valence-corrected chi connectivity index (χ4v) is 1.53. The number of halogens is 2. The Kier molecular flexibility index (Phi) is 2.73. The molecule has 0 saturated carbocycles. The molecule has 1 aromatic rings. The minimum absolute atomic E-state index is 0.0917. The molecule has 15 heavy (non-hydrogen) atoms. The van der Waals surface area contributed by atoms with Crippen molar-refractivity contribution in [3.05, 3.63) is 35.7 Å². The lowest BCUT2D eigenvalue weighted by atomic mass is 10.1. The molecule has 0 fully saturated rings. The number of carbonyl (C=O) groups excluding carboxylic acids is 1. The van der Waals surface area contributed by atoms with Crippen molar-refractivity contribution in [2.75, 3.05) is 5.88 Å². The smallest absolute Gasteiger partial charge is 0.191 e. The Bertz CT molecular complexity index is 429. The van der Waals surface area contributed by atoms with Gasteiger partial charge in [-0.15, -0.1) is 11.6 Å². The number of hydrogen-bond acceptors (Lipinski definition) is 2. The summed E-state index contributed by atoms with van der Waals surface area (Å²) in [6, 6.07) is 4.15. The zero-order valence-corrected chi connectivity index (χ0v) is 8.50. The van der Waals surface area contributed by atoms with E-state index < -0.39 is 6.10 Å². The van der Waals surface area contributed by atoms with Crippen molar-refractivity contribution >= 4 is 23.5 Å². The summed E-state index contributed by atoms with van der Waals surface area (Å²) < 4.78 is 18.2. The third kappa shape index (κ3) is 2.02. The van der Waals surface area contributed by atoms with E-state index in [2.05, 4.69) is 0 Å². The van der Waals surface area contributed by atoms with Gasteiger partial charge >= 0.3 is 0 Å². The minimum atomic E-state index is -0.652. The average Bonchev–Trinajstić information content (AvgIpc) is 2.27. The number of hydrogen-bond donors (Lipinski definition) is 0. The van der Waals surface area contributed by atoms with E-state index in [1.165, 1.54) is 18.2 Å². The fraction of sp³-hybridized carbons (Fsp3) is 0.182. The Labute approximate surface area is 91.3 Å². The molecule has 1 atom stereocenters. The van der Waals surface area contributed by atoms with E-state index in [0.29, 0.717) is 11.3 Å². The molecule has 4 heteroatoms. The van der Waals surface area contributed by atoms with Gasteiger partial charge in [-0.3, -0.25) is 4.79 Å². The molecule has 0 unspecified atom stereocenters. The first-order valence-corrected chi connectivity index (χ1v) is 4.97. The van der Waals surface area contributed by atoms with Crippen LogP contribution in [0.25, 0.3) is 6.08 Å². The van der Waals surface area contributed by atoms with Crippen LogP contribution >= 0.6 is 11.6 Å². The molecule has 0 saturated heterocycles. The van der Waals surface area contributed by atoms with Crippen LogP contribution in [-0.4, -0.2) is 17.8 Å². The summed E-state index contributed by atoms with van der Waals surface area (Å²) in [6.07, 6.45) is 2.59. The van der Waals surface area contributed by atoms with E-state index in [-0.39, 0.29) is 17.5 Å². The first-order valence-electron chi connectivity index (χ1n) is 4.44. The predicted octanol–water partition coefficient (Wildman–Crippen LogP) is 2.41. The predicted molar refractivity (Wildman–Crippen MR) is 55.6 cm³/mol. The zero-order chi connectivity index (χ0) is 10.8. The second kappa shape index (κ2) is 4.03. The lowest BCUT2D eigenvalue weighted by Gasteiger charge is -2.19. The zero-order valence-electron chi connectivity index (χ0n) is 7.74. The van der Waals surface area contributed by atoms with Gasteiger partial charge in [-0.05, 0) is 24.3 Å². The molecular weight excluding hydrogens is 219 g/mol. The highest BCUT2D eigenvalue weighted by atomic mass is 35.5. The summed E-state index contributed by atoms with van der Waals surface area (Å²) in [5.74, 6) is -0.125. The molecular formula is C11H8ClFO2.